The number of nitrogens with one attached hydrogen (secondary N) is 1. The Morgan fingerprint density at radius 1 is 1.10 bits per heavy atom. The van der Waals surface area contributed by atoms with Crippen molar-refractivity contribution in [3.63, 3.8) is 0 Å². The minimum Gasteiger partial charge on any atom is -0.357 e. The molecule has 0 bridgehead atoms. The molecule has 3 aromatic heterocycles. The van der Waals surface area contributed by atoms with Crippen molar-refractivity contribution in [3.05, 3.63) is 72.9 Å². The zero-order valence-electron chi connectivity index (χ0n) is 23.6. The van der Waals surface area contributed by atoms with Gasteiger partial charge in [-0.2, -0.15) is 9.78 Å². The van der Waals surface area contributed by atoms with Crippen molar-refractivity contribution in [3.8, 4) is 5.82 Å². The second kappa shape index (κ2) is 16.6. The molecule has 0 saturated carbocycles. The first-order chi connectivity index (χ1) is 18.7. The predicted octanol–water partition coefficient (Wildman–Crippen LogP) is 4.08. The van der Waals surface area contributed by atoms with Crippen LogP contribution in [0.4, 0.5) is 4.39 Å². The number of likely N-dealkylation sites (N-methyl/N-ethyl adjacent to an activating group) is 1. The van der Waals surface area contributed by atoms with E-state index >= 15 is 0 Å². The third kappa shape index (κ3) is 8.64. The zero-order valence-corrected chi connectivity index (χ0v) is 23.6. The summed E-state index contributed by atoms with van der Waals surface area (Å²) in [7, 11) is 2.09. The van der Waals surface area contributed by atoms with Gasteiger partial charge in [0.15, 0.2) is 17.9 Å². The molecule has 1 amide bonds. The number of ketones is 1. The monoisotopic (exact) mass is 539 g/mol. The van der Waals surface area contributed by atoms with Gasteiger partial charge in [0.2, 0.25) is 11.7 Å². The first kappa shape index (κ1) is 32.8. The molecule has 1 fully saturated rings. The Hall–Kier alpha value is -4.25. The highest BCUT2D eigenvalue weighted by Gasteiger charge is 2.20. The van der Waals surface area contributed by atoms with Gasteiger partial charge in [-0.1, -0.05) is 45.2 Å². The van der Waals surface area contributed by atoms with Crippen molar-refractivity contribution >= 4 is 28.9 Å². The molecule has 1 saturated heterocycles. The Labute approximate surface area is 228 Å². The van der Waals surface area contributed by atoms with E-state index in [4.69, 9.17) is 0 Å². The second-order valence-electron chi connectivity index (χ2n) is 8.12. The summed E-state index contributed by atoms with van der Waals surface area (Å²) < 4.78 is 15.3. The van der Waals surface area contributed by atoms with Gasteiger partial charge in [-0.25, -0.2) is 14.4 Å². The van der Waals surface area contributed by atoms with Gasteiger partial charge in [0, 0.05) is 37.9 Å². The molecule has 0 radical (unpaired) electrons. The lowest BCUT2D eigenvalue weighted by Crippen LogP contribution is -2.47. The number of H-pyrrole nitrogens is 1. The number of carbonyl (C=O) groups is 3. The number of fused-ring (bicyclic) bond motifs is 1. The predicted molar refractivity (Wildman–Crippen MR) is 151 cm³/mol. The number of rotatable bonds is 5. The number of allylic oxidation sites excluding steroid dienone is 3. The lowest BCUT2D eigenvalue weighted by atomic mass is 10.1. The van der Waals surface area contributed by atoms with Crippen molar-refractivity contribution in [2.24, 2.45) is 0 Å². The fraction of sp³-hybridized carbons (Fsp3) is 0.357. The molecule has 4 rings (SSSR count). The first-order valence-electron chi connectivity index (χ1n) is 12.6. The molecule has 10 nitrogen and oxygen atoms in total. The Balaban J connectivity index is 0.000000345. The molecular weight excluding hydrogens is 501 g/mol. The highest BCUT2D eigenvalue weighted by Crippen LogP contribution is 2.25. The Morgan fingerprint density at radius 3 is 2.21 bits per heavy atom. The topological polar surface area (TPSA) is 117 Å². The Morgan fingerprint density at radius 2 is 1.72 bits per heavy atom. The van der Waals surface area contributed by atoms with Gasteiger partial charge in [0.25, 0.3) is 0 Å². The number of aromatic nitrogens is 5. The molecule has 3 aromatic rings. The van der Waals surface area contributed by atoms with E-state index < -0.39 is 11.6 Å². The smallest absolute Gasteiger partial charge is 0.249 e. The molecule has 0 spiro atoms. The lowest BCUT2D eigenvalue weighted by molar-refractivity contribution is -0.128. The molecule has 0 unspecified atom stereocenters. The minimum absolute atomic E-state index is 0.0157. The van der Waals surface area contributed by atoms with Crippen molar-refractivity contribution < 1.29 is 18.8 Å². The molecular formula is C28H38FN7O3. The van der Waals surface area contributed by atoms with Crippen molar-refractivity contribution in [1.82, 2.24) is 34.5 Å². The summed E-state index contributed by atoms with van der Waals surface area (Å²) in [5, 5.41) is 4.00. The van der Waals surface area contributed by atoms with Crippen LogP contribution < -0.4 is 0 Å². The third-order valence-corrected chi connectivity index (χ3v) is 5.66. The van der Waals surface area contributed by atoms with E-state index in [2.05, 4.69) is 45.2 Å². The van der Waals surface area contributed by atoms with Gasteiger partial charge in [0.1, 0.15) is 12.2 Å². The van der Waals surface area contributed by atoms with Crippen LogP contribution in [0.3, 0.4) is 0 Å². The van der Waals surface area contributed by atoms with Gasteiger partial charge in [-0.15, -0.1) is 0 Å². The first-order valence-corrected chi connectivity index (χ1v) is 12.6. The van der Waals surface area contributed by atoms with Crippen molar-refractivity contribution in [1.29, 1.82) is 0 Å². The highest BCUT2D eigenvalue weighted by atomic mass is 19.1. The summed E-state index contributed by atoms with van der Waals surface area (Å²) in [6, 6.07) is 0. The fourth-order valence-corrected chi connectivity index (χ4v) is 3.40. The van der Waals surface area contributed by atoms with Gasteiger partial charge in [0.05, 0.1) is 22.7 Å². The third-order valence-electron chi connectivity index (χ3n) is 5.66. The Kier molecular flexibility index (Phi) is 13.9. The van der Waals surface area contributed by atoms with Crippen molar-refractivity contribution in [2.45, 2.75) is 34.6 Å². The number of amides is 1. The van der Waals surface area contributed by atoms with Crippen LogP contribution in [-0.2, 0) is 9.59 Å². The fourth-order valence-electron chi connectivity index (χ4n) is 3.40. The lowest BCUT2D eigenvalue weighted by Gasteiger charge is -2.32. The largest absolute Gasteiger partial charge is 0.357 e. The summed E-state index contributed by atoms with van der Waals surface area (Å²) >= 11 is 0. The van der Waals surface area contributed by atoms with Crippen LogP contribution in [0.15, 0.2) is 55.7 Å². The van der Waals surface area contributed by atoms with E-state index in [-0.39, 0.29) is 28.7 Å². The summed E-state index contributed by atoms with van der Waals surface area (Å²) in [5.74, 6) is -0.434. The van der Waals surface area contributed by atoms with Crippen LogP contribution in [0, 0.1) is 12.7 Å². The number of aromatic amines is 1. The maximum absolute atomic E-state index is 13.9. The van der Waals surface area contributed by atoms with Gasteiger partial charge < -0.3 is 14.8 Å². The maximum Gasteiger partial charge on any atom is 0.249 e. The number of Topliss-reactive ketones (excluding diaryl/α,β-unsaturated/α-hetero) is 1. The average molecular weight is 540 g/mol. The van der Waals surface area contributed by atoms with Gasteiger partial charge in [-0.3, -0.25) is 14.4 Å². The number of carbonyl (C=O) groups excluding carboxylic acids is 3. The highest BCUT2D eigenvalue weighted by molar-refractivity contribution is 6.36. The molecule has 0 atom stereocenters. The molecule has 1 N–H and O–H groups in total. The second-order valence-corrected chi connectivity index (χ2v) is 8.12. The van der Waals surface area contributed by atoms with E-state index in [0.29, 0.717) is 11.6 Å². The number of hydrogen-bond acceptors (Lipinski definition) is 7. The number of piperazine rings is 1. The number of halogens is 1. The zero-order chi connectivity index (χ0) is 29.5. The maximum atomic E-state index is 13.9. The van der Waals surface area contributed by atoms with E-state index in [9.17, 15) is 18.8 Å². The van der Waals surface area contributed by atoms with E-state index in [1.807, 2.05) is 38.7 Å². The quantitative estimate of drug-likeness (QED) is 0.171. The van der Waals surface area contributed by atoms with E-state index in [0.717, 1.165) is 37.9 Å². The molecule has 11 heteroatoms. The summed E-state index contributed by atoms with van der Waals surface area (Å²) in [4.78, 5) is 48.6. The molecule has 0 aromatic carbocycles. The van der Waals surface area contributed by atoms with Crippen LogP contribution in [0.1, 0.15) is 43.9 Å². The number of hydrogen-bond donors (Lipinski definition) is 1. The van der Waals surface area contributed by atoms with Crippen LogP contribution >= 0.6 is 0 Å². The number of aryl methyl sites for hydroxylation is 1. The van der Waals surface area contributed by atoms with Crippen LogP contribution in [0.5, 0.6) is 0 Å². The van der Waals surface area contributed by atoms with E-state index in [1.54, 1.807) is 19.1 Å². The Bertz CT molecular complexity index is 1300. The van der Waals surface area contributed by atoms with E-state index in [1.165, 1.54) is 17.2 Å². The van der Waals surface area contributed by atoms with Crippen LogP contribution in [0.2, 0.25) is 0 Å². The van der Waals surface area contributed by atoms with Crippen LogP contribution in [0.25, 0.3) is 16.7 Å². The molecule has 39 heavy (non-hydrogen) atoms. The molecule has 1 aliphatic rings. The normalized spacial score (nSPS) is 13.1. The average Bonchev–Trinajstić information content (AvgIpc) is 3.61. The van der Waals surface area contributed by atoms with Gasteiger partial charge >= 0.3 is 0 Å². The summed E-state index contributed by atoms with van der Waals surface area (Å²) in [6.07, 6.45) is 8.90. The minimum atomic E-state index is -0.803. The number of aldehydes is 1. The molecule has 210 valence electrons. The number of pyridine rings is 1. The molecule has 0 aliphatic carbocycles. The number of nitrogens with zero attached hydrogens (tertiary/aromatic N) is 6. The molecule has 1 aliphatic heterocycles. The van der Waals surface area contributed by atoms with Crippen LogP contribution in [-0.4, -0.2) is 85.7 Å². The molecule has 4 heterocycles. The summed E-state index contributed by atoms with van der Waals surface area (Å²) in [6.45, 7) is 19.9. The van der Waals surface area contributed by atoms with Crippen molar-refractivity contribution in [2.75, 3.05) is 33.2 Å². The van der Waals surface area contributed by atoms with Gasteiger partial charge in [-0.05, 0) is 27.8 Å². The SMILES string of the molecule is C/C=C(\C)C(=O)N1CCN(C)CC1.C=CC=C.CC.Cc1ncnn1-c1ncc(F)c2c(C(=O)C=O)c[nH]c12. The summed E-state index contributed by atoms with van der Waals surface area (Å²) in [5.41, 5.74) is 1.10. The standard InChI is InChI=1S/C12H8FN5O2.C10H18N2O.C4H6.C2H6/c1-6-16-5-17-18(6)12-11-10(8(13)3-15-12)7(2-14-11)9(20)4-19;1-4-9(2)10(13)12-7-5-11(3)6-8-12;1-3-4-2;1-2/h2-5,14H,1H3;4H,5-8H2,1-3H3;3-4H,1-2H2;1-2H3/b;9-4+;;.